The van der Waals surface area contributed by atoms with Gasteiger partial charge in [-0.15, -0.1) is 0 Å². The zero-order valence-corrected chi connectivity index (χ0v) is 13.7. The van der Waals surface area contributed by atoms with Gasteiger partial charge in [0.1, 0.15) is 5.60 Å². The van der Waals surface area contributed by atoms with Crippen molar-refractivity contribution in [1.29, 1.82) is 0 Å². The van der Waals surface area contributed by atoms with Crippen molar-refractivity contribution in [2.24, 2.45) is 0 Å². The van der Waals surface area contributed by atoms with E-state index < -0.39 is 5.60 Å². The summed E-state index contributed by atoms with van der Waals surface area (Å²) in [6.07, 6.45) is 6.83. The number of fused-ring (bicyclic) bond motifs is 1. The number of nitrogens with one attached hydrogen (secondary N) is 2. The maximum Gasteiger partial charge on any atom is 0.314 e. The number of carbonyl (C=O) groups excluding carboxylic acids is 1. The van der Waals surface area contributed by atoms with Crippen molar-refractivity contribution in [1.82, 2.24) is 15.6 Å². The van der Waals surface area contributed by atoms with E-state index in [-0.39, 0.29) is 12.6 Å². The van der Waals surface area contributed by atoms with Gasteiger partial charge in [0.25, 0.3) is 0 Å². The number of carbonyl (C=O) groups is 1. The standard InChI is InChI=1S/C19H23N3O2/c23-18(21-12-9-15-5-4-11-20-13-15)22-14-19(24)10-3-7-16-6-1-2-8-17(16)19/h1-2,4-6,8,11,13,24H,3,7,9-10,12,14H2,(H2,21,22,23). The molecule has 0 saturated carbocycles. The zero-order valence-electron chi connectivity index (χ0n) is 13.7. The summed E-state index contributed by atoms with van der Waals surface area (Å²) < 4.78 is 0. The number of hydrogen-bond acceptors (Lipinski definition) is 3. The Hall–Kier alpha value is -2.40. The second-order valence-corrected chi connectivity index (χ2v) is 6.26. The molecule has 1 unspecified atom stereocenters. The van der Waals surface area contributed by atoms with Crippen molar-refractivity contribution < 1.29 is 9.90 Å². The second kappa shape index (κ2) is 7.45. The van der Waals surface area contributed by atoms with E-state index in [0.717, 1.165) is 30.4 Å². The average molecular weight is 325 g/mol. The molecule has 1 heterocycles. The molecule has 1 aromatic carbocycles. The van der Waals surface area contributed by atoms with Gasteiger partial charge in [0, 0.05) is 18.9 Å². The van der Waals surface area contributed by atoms with Crippen LogP contribution in [0, 0.1) is 0 Å². The molecule has 1 atom stereocenters. The van der Waals surface area contributed by atoms with Gasteiger partial charge in [-0.25, -0.2) is 4.79 Å². The van der Waals surface area contributed by atoms with E-state index in [1.54, 1.807) is 12.4 Å². The maximum absolute atomic E-state index is 12.0. The van der Waals surface area contributed by atoms with Gasteiger partial charge in [-0.05, 0) is 48.4 Å². The number of nitrogens with zero attached hydrogens (tertiary/aromatic N) is 1. The van der Waals surface area contributed by atoms with Crippen LogP contribution in [-0.2, 0) is 18.4 Å². The quantitative estimate of drug-likeness (QED) is 0.788. The van der Waals surface area contributed by atoms with Gasteiger partial charge < -0.3 is 15.7 Å². The Labute approximate surface area is 142 Å². The monoisotopic (exact) mass is 325 g/mol. The highest BCUT2D eigenvalue weighted by Gasteiger charge is 2.34. The fourth-order valence-electron chi connectivity index (χ4n) is 3.24. The van der Waals surface area contributed by atoms with Gasteiger partial charge in [0.15, 0.2) is 0 Å². The van der Waals surface area contributed by atoms with Crippen molar-refractivity contribution in [2.45, 2.75) is 31.3 Å². The smallest absolute Gasteiger partial charge is 0.314 e. The molecule has 0 fully saturated rings. The maximum atomic E-state index is 12.0. The number of urea groups is 1. The van der Waals surface area contributed by atoms with Crippen molar-refractivity contribution in [2.75, 3.05) is 13.1 Å². The highest BCUT2D eigenvalue weighted by molar-refractivity contribution is 5.74. The largest absolute Gasteiger partial charge is 0.383 e. The van der Waals surface area contributed by atoms with E-state index in [1.165, 1.54) is 5.56 Å². The molecule has 5 heteroatoms. The van der Waals surface area contributed by atoms with Crippen LogP contribution in [0.5, 0.6) is 0 Å². The number of amides is 2. The molecule has 3 N–H and O–H groups in total. The minimum atomic E-state index is -0.977. The summed E-state index contributed by atoms with van der Waals surface area (Å²) in [5.74, 6) is 0. The predicted octanol–water partition coefficient (Wildman–Crippen LogP) is 2.15. The van der Waals surface area contributed by atoms with Crippen LogP contribution in [0.3, 0.4) is 0 Å². The number of aliphatic hydroxyl groups is 1. The van der Waals surface area contributed by atoms with Crippen LogP contribution in [0.1, 0.15) is 29.5 Å². The Morgan fingerprint density at radius 2 is 2.08 bits per heavy atom. The van der Waals surface area contributed by atoms with E-state index in [4.69, 9.17) is 0 Å². The topological polar surface area (TPSA) is 74.2 Å². The Morgan fingerprint density at radius 1 is 1.21 bits per heavy atom. The molecule has 5 nitrogen and oxygen atoms in total. The molecule has 1 aliphatic rings. The molecule has 2 aromatic rings. The lowest BCUT2D eigenvalue weighted by molar-refractivity contribution is 0.0217. The molecule has 0 radical (unpaired) electrons. The number of pyridine rings is 1. The van der Waals surface area contributed by atoms with Crippen LogP contribution in [0.2, 0.25) is 0 Å². The van der Waals surface area contributed by atoms with E-state index >= 15 is 0 Å². The van der Waals surface area contributed by atoms with Crippen LogP contribution < -0.4 is 10.6 Å². The molecular weight excluding hydrogens is 302 g/mol. The van der Waals surface area contributed by atoms with Gasteiger partial charge in [0.05, 0.1) is 6.54 Å². The molecule has 24 heavy (non-hydrogen) atoms. The lowest BCUT2D eigenvalue weighted by Gasteiger charge is -2.34. The number of aryl methyl sites for hydroxylation is 1. The van der Waals surface area contributed by atoms with Gasteiger partial charge in [-0.1, -0.05) is 30.3 Å². The van der Waals surface area contributed by atoms with Crippen LogP contribution >= 0.6 is 0 Å². The molecule has 0 aliphatic heterocycles. The van der Waals surface area contributed by atoms with E-state index in [9.17, 15) is 9.90 Å². The molecule has 0 saturated heterocycles. The SMILES string of the molecule is O=C(NCCc1cccnc1)NCC1(O)CCCc2ccccc21. The molecular formula is C19H23N3O2. The third-order valence-electron chi connectivity index (χ3n) is 4.52. The second-order valence-electron chi connectivity index (χ2n) is 6.26. The summed E-state index contributed by atoms with van der Waals surface area (Å²) in [7, 11) is 0. The first-order valence-electron chi connectivity index (χ1n) is 8.39. The Morgan fingerprint density at radius 3 is 2.92 bits per heavy atom. The van der Waals surface area contributed by atoms with Crippen LogP contribution in [0.4, 0.5) is 4.79 Å². The number of aromatic nitrogens is 1. The lowest BCUT2D eigenvalue weighted by atomic mass is 9.79. The fraction of sp³-hybridized carbons (Fsp3) is 0.368. The van der Waals surface area contributed by atoms with Gasteiger partial charge in [-0.3, -0.25) is 4.98 Å². The first kappa shape index (κ1) is 16.5. The minimum Gasteiger partial charge on any atom is -0.383 e. The van der Waals surface area contributed by atoms with Crippen LogP contribution in [0.15, 0.2) is 48.8 Å². The number of benzene rings is 1. The summed E-state index contributed by atoms with van der Waals surface area (Å²) in [5, 5.41) is 16.6. The average Bonchev–Trinajstić information content (AvgIpc) is 2.62. The first-order chi connectivity index (χ1) is 11.7. The number of rotatable bonds is 5. The lowest BCUT2D eigenvalue weighted by Crippen LogP contribution is -2.46. The van der Waals surface area contributed by atoms with Gasteiger partial charge in [-0.2, -0.15) is 0 Å². The highest BCUT2D eigenvalue weighted by Crippen LogP contribution is 2.34. The number of hydrogen-bond donors (Lipinski definition) is 3. The Bertz CT molecular complexity index is 690. The van der Waals surface area contributed by atoms with Crippen LogP contribution in [-0.4, -0.2) is 29.2 Å². The summed E-state index contributed by atoms with van der Waals surface area (Å²) >= 11 is 0. The van der Waals surface area contributed by atoms with E-state index in [2.05, 4.69) is 15.6 Å². The van der Waals surface area contributed by atoms with Gasteiger partial charge in [0.2, 0.25) is 0 Å². The molecule has 0 spiro atoms. The summed E-state index contributed by atoms with van der Waals surface area (Å²) in [5.41, 5.74) is 2.21. The highest BCUT2D eigenvalue weighted by atomic mass is 16.3. The molecule has 1 aliphatic carbocycles. The first-order valence-corrected chi connectivity index (χ1v) is 8.39. The third-order valence-corrected chi connectivity index (χ3v) is 4.52. The Kier molecular flexibility index (Phi) is 5.11. The van der Waals surface area contributed by atoms with Gasteiger partial charge >= 0.3 is 6.03 Å². The molecule has 0 bridgehead atoms. The van der Waals surface area contributed by atoms with E-state index in [0.29, 0.717) is 13.0 Å². The molecule has 2 amide bonds. The summed E-state index contributed by atoms with van der Waals surface area (Å²) in [4.78, 5) is 16.0. The fourth-order valence-corrected chi connectivity index (χ4v) is 3.24. The molecule has 126 valence electrons. The van der Waals surface area contributed by atoms with Crippen LogP contribution in [0.25, 0.3) is 0 Å². The normalized spacial score (nSPS) is 19.4. The third kappa shape index (κ3) is 3.92. The summed E-state index contributed by atoms with van der Waals surface area (Å²) in [6.45, 7) is 0.759. The van der Waals surface area contributed by atoms with Crippen molar-refractivity contribution >= 4 is 6.03 Å². The van der Waals surface area contributed by atoms with Crippen molar-refractivity contribution in [3.05, 3.63) is 65.5 Å². The summed E-state index contributed by atoms with van der Waals surface area (Å²) in [6, 6.07) is 11.5. The zero-order chi connectivity index (χ0) is 16.8. The predicted molar refractivity (Wildman–Crippen MR) is 92.6 cm³/mol. The van der Waals surface area contributed by atoms with E-state index in [1.807, 2.05) is 36.4 Å². The minimum absolute atomic E-state index is 0.225. The Balaban J connectivity index is 1.49. The molecule has 1 aromatic heterocycles. The van der Waals surface area contributed by atoms with Crippen molar-refractivity contribution in [3.8, 4) is 0 Å². The van der Waals surface area contributed by atoms with Crippen molar-refractivity contribution in [3.63, 3.8) is 0 Å². The molecule has 3 rings (SSSR count).